The van der Waals surface area contributed by atoms with Crippen LogP contribution in [0.4, 0.5) is 17.3 Å². The highest BCUT2D eigenvalue weighted by atomic mass is 127. The fraction of sp³-hybridized carbons (Fsp3) is 0.240. The van der Waals surface area contributed by atoms with Crippen molar-refractivity contribution in [3.8, 4) is 5.75 Å². The summed E-state index contributed by atoms with van der Waals surface area (Å²) in [4.78, 5) is 32.4. The van der Waals surface area contributed by atoms with E-state index in [4.69, 9.17) is 21.6 Å². The largest absolute Gasteiger partial charge is 0.484 e. The molecule has 8 N–H and O–H groups in total. The third-order valence-corrected chi connectivity index (χ3v) is 5.87. The van der Waals surface area contributed by atoms with Gasteiger partial charge in [-0.2, -0.15) is 0 Å². The molecule has 0 aliphatic rings. The number of hydrogen-bond donors (Lipinski definition) is 6. The minimum absolute atomic E-state index is 0.0586. The number of carbonyl (C=O) groups excluding carboxylic acids is 2. The van der Waals surface area contributed by atoms with Crippen molar-refractivity contribution in [2.75, 3.05) is 29.9 Å². The van der Waals surface area contributed by atoms with E-state index in [-0.39, 0.29) is 35.8 Å². The molecular weight excluding hydrogens is 587 g/mol. The zero-order chi connectivity index (χ0) is 26.6. The SMILES string of the molecule is N=C(NCCCCc1ccc(OCC(=O)Nc2ccccc2)cc1)NC(=O)c1nc(CI)c(N)nc1N. The van der Waals surface area contributed by atoms with Gasteiger partial charge in [0, 0.05) is 16.7 Å². The molecule has 194 valence electrons. The molecule has 0 spiro atoms. The molecule has 12 heteroatoms. The van der Waals surface area contributed by atoms with Crippen LogP contribution in [0.3, 0.4) is 0 Å². The van der Waals surface area contributed by atoms with E-state index >= 15 is 0 Å². The number of para-hydroxylation sites is 1. The number of alkyl halides is 1. The van der Waals surface area contributed by atoms with E-state index in [1.807, 2.05) is 54.6 Å². The predicted octanol–water partition coefficient (Wildman–Crippen LogP) is 2.87. The zero-order valence-corrected chi connectivity index (χ0v) is 22.2. The Morgan fingerprint density at radius 2 is 1.70 bits per heavy atom. The number of ether oxygens (including phenoxy) is 1. The Bertz CT molecular complexity index is 1220. The second-order valence-electron chi connectivity index (χ2n) is 7.98. The molecule has 0 saturated heterocycles. The van der Waals surface area contributed by atoms with Gasteiger partial charge in [-0.25, -0.2) is 9.97 Å². The maximum Gasteiger partial charge on any atom is 0.280 e. The first kappa shape index (κ1) is 27.6. The molecule has 0 unspecified atom stereocenters. The van der Waals surface area contributed by atoms with Crippen molar-refractivity contribution >= 4 is 57.7 Å². The number of aryl methyl sites for hydroxylation is 1. The maximum atomic E-state index is 12.4. The first-order valence-corrected chi connectivity index (χ1v) is 13.1. The van der Waals surface area contributed by atoms with Gasteiger partial charge in [-0.05, 0) is 49.1 Å². The molecule has 0 aliphatic heterocycles. The Balaban J connectivity index is 1.32. The Labute approximate surface area is 228 Å². The number of hydrogen-bond acceptors (Lipinski definition) is 8. The van der Waals surface area contributed by atoms with Crippen LogP contribution in [0.25, 0.3) is 0 Å². The summed E-state index contributed by atoms with van der Waals surface area (Å²) in [6.45, 7) is 0.443. The number of aromatic nitrogens is 2. The first-order valence-electron chi connectivity index (χ1n) is 11.5. The monoisotopic (exact) mass is 616 g/mol. The van der Waals surface area contributed by atoms with Gasteiger partial charge in [-0.15, -0.1) is 0 Å². The van der Waals surface area contributed by atoms with Gasteiger partial charge in [0.2, 0.25) is 0 Å². The highest BCUT2D eigenvalue weighted by molar-refractivity contribution is 14.1. The van der Waals surface area contributed by atoms with Gasteiger partial charge < -0.3 is 26.8 Å². The molecule has 0 radical (unpaired) electrons. The lowest BCUT2D eigenvalue weighted by Crippen LogP contribution is -2.41. The van der Waals surface area contributed by atoms with Crippen molar-refractivity contribution in [1.82, 2.24) is 20.6 Å². The molecule has 0 fully saturated rings. The normalized spacial score (nSPS) is 10.4. The van der Waals surface area contributed by atoms with Gasteiger partial charge in [-0.3, -0.25) is 20.3 Å². The predicted molar refractivity (Wildman–Crippen MR) is 152 cm³/mol. The Hall–Kier alpha value is -3.94. The van der Waals surface area contributed by atoms with Gasteiger partial charge in [0.05, 0.1) is 5.69 Å². The number of anilines is 3. The number of amides is 2. The van der Waals surface area contributed by atoms with Crippen molar-refractivity contribution in [2.24, 2.45) is 0 Å². The van der Waals surface area contributed by atoms with Gasteiger partial charge in [0.1, 0.15) is 11.6 Å². The fourth-order valence-electron chi connectivity index (χ4n) is 3.27. The van der Waals surface area contributed by atoms with E-state index in [0.717, 1.165) is 30.5 Å². The Kier molecular flexibility index (Phi) is 10.4. The second kappa shape index (κ2) is 14.0. The summed E-state index contributed by atoms with van der Waals surface area (Å²) in [6.07, 6.45) is 2.51. The topological polar surface area (TPSA) is 181 Å². The van der Waals surface area contributed by atoms with Crippen LogP contribution in [-0.2, 0) is 15.6 Å². The van der Waals surface area contributed by atoms with Crippen molar-refractivity contribution in [2.45, 2.75) is 23.7 Å². The van der Waals surface area contributed by atoms with Crippen LogP contribution in [-0.4, -0.2) is 40.9 Å². The summed E-state index contributed by atoms with van der Waals surface area (Å²) < 4.78 is 6.03. The number of rotatable bonds is 11. The summed E-state index contributed by atoms with van der Waals surface area (Å²) in [5.74, 6) is -0.256. The quantitative estimate of drug-likeness (QED) is 0.0625. The summed E-state index contributed by atoms with van der Waals surface area (Å²) >= 11 is 2.07. The van der Waals surface area contributed by atoms with E-state index in [1.54, 1.807) is 0 Å². The second-order valence-corrected chi connectivity index (χ2v) is 8.75. The Morgan fingerprint density at radius 3 is 2.41 bits per heavy atom. The van der Waals surface area contributed by atoms with E-state index in [9.17, 15) is 9.59 Å². The van der Waals surface area contributed by atoms with Crippen molar-refractivity contribution in [1.29, 1.82) is 5.41 Å². The lowest BCUT2D eigenvalue weighted by Gasteiger charge is -2.11. The number of nitrogens with one attached hydrogen (secondary N) is 4. The smallest absolute Gasteiger partial charge is 0.280 e. The summed E-state index contributed by atoms with van der Waals surface area (Å²) in [5.41, 5.74) is 13.7. The number of nitrogens with zero attached hydrogens (tertiary/aromatic N) is 2. The lowest BCUT2D eigenvalue weighted by molar-refractivity contribution is -0.118. The molecule has 11 nitrogen and oxygen atoms in total. The molecule has 1 aromatic heterocycles. The fourth-order valence-corrected chi connectivity index (χ4v) is 3.83. The van der Waals surface area contributed by atoms with Crippen LogP contribution in [0.15, 0.2) is 54.6 Å². The van der Waals surface area contributed by atoms with Crippen LogP contribution in [0, 0.1) is 5.41 Å². The molecule has 0 aliphatic carbocycles. The number of halogens is 1. The third-order valence-electron chi connectivity index (χ3n) is 5.15. The molecule has 0 bridgehead atoms. The standard InChI is InChI=1S/C25H29IN8O3/c26-14-19-22(27)33-23(28)21(32-19)24(36)34-25(29)30-13-5-4-6-16-9-11-18(12-10-16)37-15-20(35)31-17-7-2-1-3-8-17/h1-3,7-12H,4-6,13-15H2,(H,31,35)(H4,27,28,33)(H3,29,30,34,36). The molecule has 1 heterocycles. The van der Waals surface area contributed by atoms with E-state index in [0.29, 0.717) is 22.4 Å². The molecule has 37 heavy (non-hydrogen) atoms. The van der Waals surface area contributed by atoms with Crippen LogP contribution < -0.4 is 32.2 Å². The molecule has 2 amide bonds. The molecule has 0 atom stereocenters. The van der Waals surface area contributed by atoms with Crippen molar-refractivity contribution in [3.63, 3.8) is 0 Å². The Morgan fingerprint density at radius 1 is 0.973 bits per heavy atom. The molecule has 3 rings (SSSR count). The first-order chi connectivity index (χ1) is 17.9. The van der Waals surface area contributed by atoms with E-state index in [2.05, 4.69) is 48.5 Å². The third kappa shape index (κ3) is 8.90. The zero-order valence-electron chi connectivity index (χ0n) is 20.1. The molecule has 3 aromatic rings. The average molecular weight is 616 g/mol. The van der Waals surface area contributed by atoms with Gasteiger partial charge in [0.15, 0.2) is 24.1 Å². The van der Waals surface area contributed by atoms with Crippen LogP contribution >= 0.6 is 22.6 Å². The summed E-state index contributed by atoms with van der Waals surface area (Å²) in [7, 11) is 0. The highest BCUT2D eigenvalue weighted by Crippen LogP contribution is 2.16. The van der Waals surface area contributed by atoms with Crippen LogP contribution in [0.2, 0.25) is 0 Å². The molecule has 2 aromatic carbocycles. The van der Waals surface area contributed by atoms with E-state index < -0.39 is 5.91 Å². The van der Waals surface area contributed by atoms with Crippen LogP contribution in [0.5, 0.6) is 5.75 Å². The van der Waals surface area contributed by atoms with E-state index in [1.165, 1.54) is 0 Å². The highest BCUT2D eigenvalue weighted by Gasteiger charge is 2.17. The number of nitrogen functional groups attached to an aromatic ring is 2. The number of guanidine groups is 1. The number of carbonyl (C=O) groups is 2. The van der Waals surface area contributed by atoms with Gasteiger partial charge >= 0.3 is 0 Å². The molecule has 0 saturated carbocycles. The summed E-state index contributed by atoms with van der Waals surface area (Å²) in [6, 6.07) is 16.8. The number of benzene rings is 2. The van der Waals surface area contributed by atoms with Gasteiger partial charge in [0.25, 0.3) is 11.8 Å². The lowest BCUT2D eigenvalue weighted by atomic mass is 10.1. The summed E-state index contributed by atoms with van der Waals surface area (Å²) in [5, 5.41) is 16.0. The maximum absolute atomic E-state index is 12.4. The van der Waals surface area contributed by atoms with Gasteiger partial charge in [-0.1, -0.05) is 52.9 Å². The average Bonchev–Trinajstić information content (AvgIpc) is 2.88. The number of nitrogens with two attached hydrogens (primary N) is 2. The van der Waals surface area contributed by atoms with Crippen molar-refractivity contribution < 1.29 is 14.3 Å². The van der Waals surface area contributed by atoms with Crippen molar-refractivity contribution in [3.05, 3.63) is 71.5 Å². The number of unbranched alkanes of at least 4 members (excludes halogenated alkanes) is 1. The minimum atomic E-state index is -0.617. The molecular formula is C25H29IN8O3. The minimum Gasteiger partial charge on any atom is -0.484 e. The van der Waals surface area contributed by atoms with Crippen LogP contribution in [0.1, 0.15) is 34.6 Å².